The van der Waals surface area contributed by atoms with Crippen LogP contribution in [-0.4, -0.2) is 59.7 Å². The first-order valence-electron chi connectivity index (χ1n) is 10.4. The van der Waals surface area contributed by atoms with Crippen molar-refractivity contribution in [2.75, 3.05) is 32.8 Å². The Hall–Kier alpha value is -1.75. The van der Waals surface area contributed by atoms with Crippen LogP contribution in [0.25, 0.3) is 6.08 Å². The highest BCUT2D eigenvalue weighted by Crippen LogP contribution is 2.38. The molecule has 0 radical (unpaired) electrons. The number of hydrogen-bond donors (Lipinski definition) is 0. The van der Waals surface area contributed by atoms with E-state index in [4.69, 9.17) is 44.3 Å². The van der Waals surface area contributed by atoms with Crippen LogP contribution < -0.4 is 4.74 Å². The number of amides is 3. The zero-order valence-electron chi connectivity index (χ0n) is 18.1. The maximum atomic E-state index is 12.8. The third kappa shape index (κ3) is 6.34. The van der Waals surface area contributed by atoms with E-state index in [0.717, 1.165) is 22.2 Å². The second kappa shape index (κ2) is 11.5. The molecule has 0 spiro atoms. The van der Waals surface area contributed by atoms with E-state index in [1.807, 2.05) is 0 Å². The lowest BCUT2D eigenvalue weighted by Crippen LogP contribution is -2.46. The SMILES string of the molecule is O=C(CN1C(=O)S/C(=C/c2cc(Cl)c(OCc3ccc(Cl)cc3Cl)c(Br)c2)C1=O)N1CCOCC1. The fraction of sp³-hybridized carbons (Fsp3) is 0.261. The van der Waals surface area contributed by atoms with Crippen LogP contribution in [0.1, 0.15) is 11.1 Å². The number of rotatable bonds is 6. The van der Waals surface area contributed by atoms with Gasteiger partial charge in [-0.25, -0.2) is 0 Å². The van der Waals surface area contributed by atoms with Gasteiger partial charge >= 0.3 is 0 Å². The van der Waals surface area contributed by atoms with Crippen LogP contribution in [0.2, 0.25) is 15.1 Å². The highest BCUT2D eigenvalue weighted by molar-refractivity contribution is 9.10. The van der Waals surface area contributed by atoms with Gasteiger partial charge in [0, 0.05) is 28.7 Å². The van der Waals surface area contributed by atoms with E-state index in [-0.39, 0.29) is 24.0 Å². The quantitative estimate of drug-likeness (QED) is 0.376. The number of ether oxygens (including phenoxy) is 2. The molecule has 0 N–H and O–H groups in total. The van der Waals surface area contributed by atoms with Crippen molar-refractivity contribution in [3.63, 3.8) is 0 Å². The number of imide groups is 1. The molecule has 7 nitrogen and oxygen atoms in total. The summed E-state index contributed by atoms with van der Waals surface area (Å²) in [4.78, 5) is 40.5. The molecule has 35 heavy (non-hydrogen) atoms. The molecular weight excluding hydrogens is 603 g/mol. The monoisotopic (exact) mass is 618 g/mol. The number of carbonyl (C=O) groups excluding carboxylic acids is 3. The van der Waals surface area contributed by atoms with Crippen molar-refractivity contribution < 1.29 is 23.9 Å². The first-order valence-corrected chi connectivity index (χ1v) is 13.1. The van der Waals surface area contributed by atoms with Gasteiger partial charge < -0.3 is 14.4 Å². The summed E-state index contributed by atoms with van der Waals surface area (Å²) in [5.74, 6) is -0.407. The zero-order valence-corrected chi connectivity index (χ0v) is 22.7. The molecule has 0 unspecified atom stereocenters. The standard InChI is InChI=1S/C23H18BrCl3N2O5S/c24-16-7-13(8-18(27)21(16)34-12-14-1-2-15(25)10-17(14)26)9-19-22(31)29(23(32)35-19)11-20(30)28-3-5-33-6-4-28/h1-2,7-10H,3-6,11-12H2/b19-9+. The highest BCUT2D eigenvalue weighted by Gasteiger charge is 2.37. The van der Waals surface area contributed by atoms with E-state index in [1.165, 1.54) is 0 Å². The van der Waals surface area contributed by atoms with E-state index < -0.39 is 11.1 Å². The van der Waals surface area contributed by atoms with Crippen molar-refractivity contribution >= 4 is 85.6 Å². The maximum Gasteiger partial charge on any atom is 0.294 e. The van der Waals surface area contributed by atoms with E-state index in [9.17, 15) is 14.4 Å². The molecular formula is C23H18BrCl3N2O5S. The fourth-order valence-corrected chi connectivity index (χ4v) is 5.72. The molecule has 3 amide bonds. The van der Waals surface area contributed by atoms with Crippen LogP contribution in [0.5, 0.6) is 5.75 Å². The number of carbonyl (C=O) groups is 3. The molecule has 2 aromatic rings. The number of nitrogens with zero attached hydrogens (tertiary/aromatic N) is 2. The molecule has 12 heteroatoms. The molecule has 2 aliphatic rings. The van der Waals surface area contributed by atoms with Crippen molar-refractivity contribution in [1.29, 1.82) is 0 Å². The largest absolute Gasteiger partial charge is 0.486 e. The van der Waals surface area contributed by atoms with Crippen molar-refractivity contribution in [3.05, 3.63) is 65.9 Å². The Morgan fingerprint density at radius 3 is 2.54 bits per heavy atom. The lowest BCUT2D eigenvalue weighted by atomic mass is 10.2. The molecule has 4 rings (SSSR count). The highest BCUT2D eigenvalue weighted by atomic mass is 79.9. The first-order chi connectivity index (χ1) is 16.7. The summed E-state index contributed by atoms with van der Waals surface area (Å²) < 4.78 is 11.6. The van der Waals surface area contributed by atoms with Gasteiger partial charge in [-0.05, 0) is 63.6 Å². The molecule has 0 atom stereocenters. The molecule has 0 aliphatic carbocycles. The Morgan fingerprint density at radius 1 is 1.11 bits per heavy atom. The maximum absolute atomic E-state index is 12.8. The Labute approximate surface area is 229 Å². The normalized spacial score (nSPS) is 17.4. The molecule has 2 saturated heterocycles. The van der Waals surface area contributed by atoms with Crippen LogP contribution in [0.15, 0.2) is 39.7 Å². The minimum Gasteiger partial charge on any atom is -0.486 e. The minimum atomic E-state index is -0.522. The molecule has 2 fully saturated rings. The van der Waals surface area contributed by atoms with Crippen LogP contribution in [0.4, 0.5) is 4.79 Å². The van der Waals surface area contributed by atoms with Gasteiger partial charge in [-0.15, -0.1) is 0 Å². The van der Waals surface area contributed by atoms with Gasteiger partial charge in [-0.1, -0.05) is 40.9 Å². The topological polar surface area (TPSA) is 76.2 Å². The molecule has 184 valence electrons. The average Bonchev–Trinajstić information content (AvgIpc) is 3.07. The Bertz CT molecular complexity index is 1200. The zero-order chi connectivity index (χ0) is 25.1. The van der Waals surface area contributed by atoms with Crippen molar-refractivity contribution in [1.82, 2.24) is 9.80 Å². The summed E-state index contributed by atoms with van der Waals surface area (Å²) in [5.41, 5.74) is 1.33. The van der Waals surface area contributed by atoms with Crippen LogP contribution in [0.3, 0.4) is 0 Å². The summed E-state index contributed by atoms with van der Waals surface area (Å²) in [6.07, 6.45) is 1.56. The summed E-state index contributed by atoms with van der Waals surface area (Å²) in [5, 5.41) is 0.812. The van der Waals surface area contributed by atoms with Gasteiger partial charge in [0.2, 0.25) is 5.91 Å². The third-order valence-corrected chi connectivity index (χ3v) is 7.60. The predicted molar refractivity (Wildman–Crippen MR) is 140 cm³/mol. The minimum absolute atomic E-state index is 0.170. The lowest BCUT2D eigenvalue weighted by Gasteiger charge is -2.28. The van der Waals surface area contributed by atoms with Gasteiger partial charge in [-0.3, -0.25) is 19.3 Å². The molecule has 0 saturated carbocycles. The summed E-state index contributed by atoms with van der Waals surface area (Å²) in [6, 6.07) is 8.45. The molecule has 2 aromatic carbocycles. The van der Waals surface area contributed by atoms with E-state index in [1.54, 1.807) is 41.3 Å². The average molecular weight is 621 g/mol. The molecule has 2 heterocycles. The van der Waals surface area contributed by atoms with E-state index in [2.05, 4.69) is 15.9 Å². The van der Waals surface area contributed by atoms with Crippen molar-refractivity contribution in [2.45, 2.75) is 6.61 Å². The second-order valence-corrected chi connectivity index (χ2v) is 10.7. The summed E-state index contributed by atoms with van der Waals surface area (Å²) in [7, 11) is 0. The number of benzene rings is 2. The van der Waals surface area contributed by atoms with Crippen LogP contribution >= 0.6 is 62.5 Å². The number of halogens is 4. The summed E-state index contributed by atoms with van der Waals surface area (Å²) >= 11 is 22.8. The second-order valence-electron chi connectivity index (χ2n) is 7.60. The predicted octanol–water partition coefficient (Wildman–Crippen LogP) is 5.88. The van der Waals surface area contributed by atoms with Gasteiger partial charge in [0.05, 0.1) is 27.6 Å². The number of hydrogen-bond acceptors (Lipinski definition) is 6. The first kappa shape index (κ1) is 26.3. The Balaban J connectivity index is 1.45. The van der Waals surface area contributed by atoms with E-state index >= 15 is 0 Å². The lowest BCUT2D eigenvalue weighted by molar-refractivity contribution is -0.139. The molecule has 0 bridgehead atoms. The third-order valence-electron chi connectivity index (χ3n) is 5.24. The van der Waals surface area contributed by atoms with Crippen LogP contribution in [-0.2, 0) is 20.9 Å². The Kier molecular flexibility index (Phi) is 8.67. The van der Waals surface area contributed by atoms with Crippen LogP contribution in [0, 0.1) is 0 Å². The number of morpholine rings is 1. The number of thioether (sulfide) groups is 1. The molecule has 0 aromatic heterocycles. The fourth-order valence-electron chi connectivity index (χ4n) is 3.43. The van der Waals surface area contributed by atoms with Gasteiger partial charge in [0.25, 0.3) is 11.1 Å². The van der Waals surface area contributed by atoms with Gasteiger partial charge in [-0.2, -0.15) is 0 Å². The van der Waals surface area contributed by atoms with Gasteiger partial charge in [0.1, 0.15) is 13.2 Å². The van der Waals surface area contributed by atoms with Crippen molar-refractivity contribution in [2.24, 2.45) is 0 Å². The van der Waals surface area contributed by atoms with Gasteiger partial charge in [0.15, 0.2) is 5.75 Å². The van der Waals surface area contributed by atoms with E-state index in [0.29, 0.717) is 57.2 Å². The Morgan fingerprint density at radius 2 is 1.86 bits per heavy atom. The molecule has 2 aliphatic heterocycles. The summed E-state index contributed by atoms with van der Waals surface area (Å²) in [6.45, 7) is 1.63. The van der Waals surface area contributed by atoms with Crippen molar-refractivity contribution in [3.8, 4) is 5.75 Å². The smallest absolute Gasteiger partial charge is 0.294 e.